The zero-order valence-corrected chi connectivity index (χ0v) is 12.8. The molecule has 0 spiro atoms. The first-order valence-corrected chi connectivity index (χ1v) is 7.31. The minimum absolute atomic E-state index is 0.0880. The maximum absolute atomic E-state index is 11.8. The molecule has 0 radical (unpaired) electrons. The monoisotopic (exact) mass is 310 g/mol. The minimum Gasteiger partial charge on any atom is -0.494 e. The molecule has 3 rings (SSSR count). The zero-order chi connectivity index (χ0) is 16.4. The van der Waals surface area contributed by atoms with Gasteiger partial charge in [0.05, 0.1) is 19.6 Å². The molecule has 118 valence electrons. The van der Waals surface area contributed by atoms with Crippen molar-refractivity contribution in [3.8, 4) is 5.88 Å². The van der Waals surface area contributed by atoms with Gasteiger partial charge in [-0.1, -0.05) is 36.4 Å². The number of aromatic hydroxyl groups is 1. The van der Waals surface area contributed by atoms with Crippen molar-refractivity contribution in [3.63, 3.8) is 0 Å². The van der Waals surface area contributed by atoms with Gasteiger partial charge in [0.1, 0.15) is 0 Å². The summed E-state index contributed by atoms with van der Waals surface area (Å²) in [6.07, 6.45) is 1.95. The van der Waals surface area contributed by atoms with Gasteiger partial charge in [0.15, 0.2) is 5.88 Å². The summed E-state index contributed by atoms with van der Waals surface area (Å²) in [6, 6.07) is 14.6. The standard InChI is InChI=1S/C18H18N2O3/c1-23-17(21)10-16(12-5-3-2-4-6-12)20-11-13-7-8-14(19)9-15(13)18(20)22/h2-9,11,16,22H,10,19H2,1H3. The predicted molar refractivity (Wildman–Crippen MR) is 89.2 cm³/mol. The van der Waals surface area contributed by atoms with E-state index in [0.29, 0.717) is 11.1 Å². The van der Waals surface area contributed by atoms with Crippen molar-refractivity contribution in [3.05, 3.63) is 60.3 Å². The average Bonchev–Trinajstić information content (AvgIpc) is 2.89. The largest absolute Gasteiger partial charge is 0.494 e. The minimum atomic E-state index is -0.350. The summed E-state index contributed by atoms with van der Waals surface area (Å²) in [5.41, 5.74) is 7.29. The first-order valence-electron chi connectivity index (χ1n) is 7.31. The van der Waals surface area contributed by atoms with Crippen LogP contribution in [0.3, 0.4) is 0 Å². The van der Waals surface area contributed by atoms with E-state index in [1.807, 2.05) is 42.6 Å². The summed E-state index contributed by atoms with van der Waals surface area (Å²) in [6.45, 7) is 0. The van der Waals surface area contributed by atoms with E-state index in [-0.39, 0.29) is 24.3 Å². The van der Waals surface area contributed by atoms with Crippen LogP contribution < -0.4 is 5.73 Å². The maximum Gasteiger partial charge on any atom is 0.307 e. The Morgan fingerprint density at radius 3 is 2.70 bits per heavy atom. The molecule has 0 bridgehead atoms. The molecule has 2 aromatic carbocycles. The molecular weight excluding hydrogens is 292 g/mol. The second kappa shape index (κ2) is 6.04. The van der Waals surface area contributed by atoms with Crippen molar-refractivity contribution in [2.75, 3.05) is 12.8 Å². The Labute approximate surface area is 133 Å². The van der Waals surface area contributed by atoms with Gasteiger partial charge in [0.2, 0.25) is 0 Å². The summed E-state index contributed by atoms with van der Waals surface area (Å²) >= 11 is 0. The first kappa shape index (κ1) is 15.0. The quantitative estimate of drug-likeness (QED) is 0.573. The van der Waals surface area contributed by atoms with Crippen molar-refractivity contribution >= 4 is 22.4 Å². The van der Waals surface area contributed by atoms with E-state index < -0.39 is 0 Å². The normalized spacial score (nSPS) is 12.2. The van der Waals surface area contributed by atoms with Crippen LogP contribution in [0.25, 0.3) is 10.8 Å². The van der Waals surface area contributed by atoms with Gasteiger partial charge in [-0.3, -0.25) is 4.79 Å². The highest BCUT2D eigenvalue weighted by Gasteiger charge is 2.22. The zero-order valence-electron chi connectivity index (χ0n) is 12.8. The number of hydrogen-bond donors (Lipinski definition) is 2. The van der Waals surface area contributed by atoms with Crippen molar-refractivity contribution in [2.45, 2.75) is 12.5 Å². The van der Waals surface area contributed by atoms with Crippen LogP contribution >= 0.6 is 0 Å². The number of nitrogens with zero attached hydrogens (tertiary/aromatic N) is 1. The van der Waals surface area contributed by atoms with Crippen LogP contribution in [0.5, 0.6) is 5.88 Å². The fourth-order valence-corrected chi connectivity index (χ4v) is 2.76. The molecule has 1 heterocycles. The van der Waals surface area contributed by atoms with Gasteiger partial charge in [0, 0.05) is 22.7 Å². The number of benzene rings is 2. The average molecular weight is 310 g/mol. The van der Waals surface area contributed by atoms with E-state index in [4.69, 9.17) is 10.5 Å². The maximum atomic E-state index is 11.8. The van der Waals surface area contributed by atoms with E-state index in [1.165, 1.54) is 7.11 Å². The van der Waals surface area contributed by atoms with Gasteiger partial charge >= 0.3 is 5.97 Å². The van der Waals surface area contributed by atoms with Crippen LogP contribution in [0.1, 0.15) is 18.0 Å². The Hall–Kier alpha value is -2.95. The number of fused-ring (bicyclic) bond motifs is 1. The van der Waals surface area contributed by atoms with E-state index in [1.54, 1.807) is 16.7 Å². The van der Waals surface area contributed by atoms with Gasteiger partial charge in [-0.2, -0.15) is 0 Å². The third kappa shape index (κ3) is 2.85. The highest BCUT2D eigenvalue weighted by atomic mass is 16.5. The van der Waals surface area contributed by atoms with Crippen molar-refractivity contribution in [1.82, 2.24) is 4.57 Å². The summed E-state index contributed by atoms with van der Waals surface area (Å²) < 4.78 is 6.49. The lowest BCUT2D eigenvalue weighted by molar-refractivity contribution is -0.141. The molecule has 5 nitrogen and oxygen atoms in total. The lowest BCUT2D eigenvalue weighted by atomic mass is 10.0. The van der Waals surface area contributed by atoms with Crippen LogP contribution in [0.4, 0.5) is 5.69 Å². The van der Waals surface area contributed by atoms with Crippen LogP contribution in [0.15, 0.2) is 54.7 Å². The van der Waals surface area contributed by atoms with Crippen LogP contribution in [0, 0.1) is 0 Å². The molecule has 0 aliphatic heterocycles. The summed E-state index contributed by atoms with van der Waals surface area (Å²) in [4.78, 5) is 11.8. The van der Waals surface area contributed by atoms with E-state index in [0.717, 1.165) is 10.9 Å². The molecule has 0 saturated carbocycles. The first-order chi connectivity index (χ1) is 11.1. The van der Waals surface area contributed by atoms with E-state index >= 15 is 0 Å². The molecule has 0 aliphatic rings. The molecule has 3 N–H and O–H groups in total. The molecule has 1 atom stereocenters. The fourth-order valence-electron chi connectivity index (χ4n) is 2.76. The number of rotatable bonds is 4. The Kier molecular flexibility index (Phi) is 3.93. The number of methoxy groups -OCH3 is 1. The van der Waals surface area contributed by atoms with Gasteiger partial charge in [-0.25, -0.2) is 0 Å². The number of carbonyl (C=O) groups excluding carboxylic acids is 1. The molecule has 5 heteroatoms. The Bertz CT molecular complexity index is 840. The molecular formula is C18H18N2O3. The molecule has 23 heavy (non-hydrogen) atoms. The van der Waals surface area contributed by atoms with Crippen LogP contribution in [0.2, 0.25) is 0 Å². The number of aromatic nitrogens is 1. The number of nitrogens with two attached hydrogens (primary N) is 1. The lowest BCUT2D eigenvalue weighted by Crippen LogP contribution is -2.15. The molecule has 0 fully saturated rings. The summed E-state index contributed by atoms with van der Waals surface area (Å²) in [5.74, 6) is -0.249. The van der Waals surface area contributed by atoms with Gasteiger partial charge in [0.25, 0.3) is 0 Å². The molecule has 0 aliphatic carbocycles. The van der Waals surface area contributed by atoms with Crippen molar-refractivity contribution in [1.29, 1.82) is 0 Å². The number of ether oxygens (including phenoxy) is 1. The van der Waals surface area contributed by atoms with Gasteiger partial charge in [-0.15, -0.1) is 0 Å². The predicted octanol–water partition coefficient (Wildman–Crippen LogP) is 3.08. The van der Waals surface area contributed by atoms with E-state index in [9.17, 15) is 9.90 Å². The molecule has 1 unspecified atom stereocenters. The van der Waals surface area contributed by atoms with Crippen molar-refractivity contribution in [2.24, 2.45) is 0 Å². The molecule has 3 aromatic rings. The lowest BCUT2D eigenvalue weighted by Gasteiger charge is -2.19. The number of anilines is 1. The number of carbonyl (C=O) groups is 1. The van der Waals surface area contributed by atoms with E-state index in [2.05, 4.69) is 0 Å². The molecule has 0 saturated heterocycles. The fraction of sp³-hybridized carbons (Fsp3) is 0.167. The SMILES string of the molecule is COC(=O)CC(c1ccccc1)n1cc2ccc(N)cc2c1O. The molecule has 0 amide bonds. The second-order valence-electron chi connectivity index (χ2n) is 5.41. The number of esters is 1. The number of nitrogen functional groups attached to an aromatic ring is 1. The van der Waals surface area contributed by atoms with Gasteiger partial charge < -0.3 is 20.1 Å². The highest BCUT2D eigenvalue weighted by molar-refractivity contribution is 5.90. The smallest absolute Gasteiger partial charge is 0.307 e. The Balaban J connectivity index is 2.13. The number of hydrogen-bond acceptors (Lipinski definition) is 4. The molecule has 1 aromatic heterocycles. The van der Waals surface area contributed by atoms with Crippen molar-refractivity contribution < 1.29 is 14.6 Å². The third-order valence-corrected chi connectivity index (χ3v) is 3.95. The van der Waals surface area contributed by atoms with Gasteiger partial charge in [-0.05, 0) is 17.7 Å². The Morgan fingerprint density at radius 2 is 2.00 bits per heavy atom. The topological polar surface area (TPSA) is 77.5 Å². The highest BCUT2D eigenvalue weighted by Crippen LogP contribution is 2.35. The summed E-state index contributed by atoms with van der Waals surface area (Å²) in [7, 11) is 1.36. The van der Waals surface area contributed by atoms with Crippen LogP contribution in [-0.2, 0) is 9.53 Å². The summed E-state index contributed by atoms with van der Waals surface area (Å²) in [5, 5.41) is 12.1. The van der Waals surface area contributed by atoms with Crippen LogP contribution in [-0.4, -0.2) is 22.8 Å². The third-order valence-electron chi connectivity index (χ3n) is 3.95. The second-order valence-corrected chi connectivity index (χ2v) is 5.41. The Morgan fingerprint density at radius 1 is 1.26 bits per heavy atom.